The maximum atomic E-state index is 13.1. The van der Waals surface area contributed by atoms with Crippen molar-refractivity contribution in [3.8, 4) is 0 Å². The van der Waals surface area contributed by atoms with Gasteiger partial charge in [-0.3, -0.25) is 9.79 Å². The van der Waals surface area contributed by atoms with Crippen LogP contribution in [-0.4, -0.2) is 56.5 Å². The second kappa shape index (κ2) is 10.2. The third kappa shape index (κ3) is 6.19. The highest BCUT2D eigenvalue weighted by atomic mass is 32.1. The molecule has 2 N–H and O–H groups in total. The Morgan fingerprint density at radius 1 is 1.10 bits per heavy atom. The highest BCUT2D eigenvalue weighted by molar-refractivity contribution is 7.11. The number of aliphatic imine (C=N–C) groups is 1. The van der Waals surface area contributed by atoms with Crippen LogP contribution in [0, 0.1) is 12.7 Å². The molecule has 1 amide bonds. The highest BCUT2D eigenvalue weighted by Crippen LogP contribution is 2.17. The van der Waals surface area contributed by atoms with E-state index in [0.29, 0.717) is 32.0 Å². The summed E-state index contributed by atoms with van der Waals surface area (Å²) in [6.45, 7) is 6.23. The Morgan fingerprint density at radius 2 is 1.83 bits per heavy atom. The zero-order chi connectivity index (χ0) is 20.6. The first-order chi connectivity index (χ1) is 14.0. The van der Waals surface area contributed by atoms with Crippen molar-refractivity contribution < 1.29 is 9.18 Å². The minimum absolute atomic E-state index is 0.139. The fourth-order valence-corrected chi connectivity index (χ4v) is 4.11. The SMILES string of the molecule is CN=C(NCCC(=O)N1CCN(c2ccc(F)cc2)CC1)NCc1ccc(C)s1. The molecular weight excluding hydrogens is 389 g/mol. The van der Waals surface area contributed by atoms with Crippen LogP contribution in [0.2, 0.25) is 0 Å². The van der Waals surface area contributed by atoms with Gasteiger partial charge in [0.1, 0.15) is 5.82 Å². The molecule has 1 saturated heterocycles. The van der Waals surface area contributed by atoms with Crippen molar-refractivity contribution in [1.82, 2.24) is 15.5 Å². The van der Waals surface area contributed by atoms with Gasteiger partial charge in [0.25, 0.3) is 0 Å². The van der Waals surface area contributed by atoms with E-state index in [9.17, 15) is 9.18 Å². The number of carbonyl (C=O) groups excluding carboxylic acids is 1. The quantitative estimate of drug-likeness (QED) is 0.560. The van der Waals surface area contributed by atoms with Gasteiger partial charge in [0, 0.05) is 61.6 Å². The summed E-state index contributed by atoms with van der Waals surface area (Å²) < 4.78 is 13.1. The number of hydrogen-bond acceptors (Lipinski definition) is 4. The first-order valence-corrected chi connectivity index (χ1v) is 10.6. The van der Waals surface area contributed by atoms with Gasteiger partial charge < -0.3 is 20.4 Å². The number of guanidine groups is 1. The number of piperazine rings is 1. The van der Waals surface area contributed by atoms with Crippen molar-refractivity contribution >= 4 is 28.9 Å². The van der Waals surface area contributed by atoms with Crippen molar-refractivity contribution in [3.63, 3.8) is 0 Å². The maximum Gasteiger partial charge on any atom is 0.224 e. The average Bonchev–Trinajstić information content (AvgIpc) is 3.16. The standard InChI is InChI=1S/C21H28FN5OS/c1-16-3-8-19(29-16)15-25-21(23-2)24-10-9-20(28)27-13-11-26(12-14-27)18-6-4-17(22)5-7-18/h3-8H,9-15H2,1-2H3,(H2,23,24,25). The van der Waals surface area contributed by atoms with E-state index in [2.05, 4.69) is 39.6 Å². The molecule has 0 atom stereocenters. The molecular formula is C21H28FN5OS. The summed E-state index contributed by atoms with van der Waals surface area (Å²) in [6, 6.07) is 10.7. The summed E-state index contributed by atoms with van der Waals surface area (Å²) in [5, 5.41) is 6.48. The molecule has 6 nitrogen and oxygen atoms in total. The van der Waals surface area contributed by atoms with Gasteiger partial charge in [-0.2, -0.15) is 0 Å². The van der Waals surface area contributed by atoms with Gasteiger partial charge in [0.15, 0.2) is 5.96 Å². The summed E-state index contributed by atoms with van der Waals surface area (Å²) >= 11 is 1.76. The number of carbonyl (C=O) groups is 1. The molecule has 8 heteroatoms. The van der Waals surface area contributed by atoms with Crippen LogP contribution in [0.1, 0.15) is 16.2 Å². The molecule has 2 aromatic rings. The Hall–Kier alpha value is -2.61. The van der Waals surface area contributed by atoms with E-state index in [1.54, 1.807) is 30.5 Å². The molecule has 1 aliphatic rings. The van der Waals surface area contributed by atoms with Crippen LogP contribution in [0.4, 0.5) is 10.1 Å². The van der Waals surface area contributed by atoms with Crippen molar-refractivity contribution in [2.24, 2.45) is 4.99 Å². The van der Waals surface area contributed by atoms with Crippen LogP contribution in [0.15, 0.2) is 41.4 Å². The number of hydrogen-bond donors (Lipinski definition) is 2. The largest absolute Gasteiger partial charge is 0.368 e. The van der Waals surface area contributed by atoms with E-state index in [1.165, 1.54) is 21.9 Å². The lowest BCUT2D eigenvalue weighted by Gasteiger charge is -2.36. The zero-order valence-corrected chi connectivity index (χ0v) is 17.8. The summed E-state index contributed by atoms with van der Waals surface area (Å²) in [4.78, 5) is 23.3. The Morgan fingerprint density at radius 3 is 2.45 bits per heavy atom. The highest BCUT2D eigenvalue weighted by Gasteiger charge is 2.21. The van der Waals surface area contributed by atoms with Crippen LogP contribution < -0.4 is 15.5 Å². The fourth-order valence-electron chi connectivity index (χ4n) is 3.28. The summed E-state index contributed by atoms with van der Waals surface area (Å²) in [5.41, 5.74) is 0.996. The van der Waals surface area contributed by atoms with Gasteiger partial charge >= 0.3 is 0 Å². The number of amides is 1. The minimum Gasteiger partial charge on any atom is -0.368 e. The van der Waals surface area contributed by atoms with Gasteiger partial charge in [0.2, 0.25) is 5.91 Å². The molecule has 1 aromatic carbocycles. The number of nitrogens with zero attached hydrogens (tertiary/aromatic N) is 3. The predicted octanol–water partition coefficient (Wildman–Crippen LogP) is 2.60. The number of halogens is 1. The van der Waals surface area contributed by atoms with E-state index >= 15 is 0 Å². The van der Waals surface area contributed by atoms with Gasteiger partial charge in [-0.15, -0.1) is 11.3 Å². The number of nitrogens with one attached hydrogen (secondary N) is 2. The maximum absolute atomic E-state index is 13.1. The molecule has 156 valence electrons. The molecule has 0 unspecified atom stereocenters. The average molecular weight is 418 g/mol. The Balaban J connectivity index is 1.36. The van der Waals surface area contributed by atoms with Gasteiger partial charge in [-0.05, 0) is 43.3 Å². The summed E-state index contributed by atoms with van der Waals surface area (Å²) in [5.74, 6) is 0.607. The number of benzene rings is 1. The topological polar surface area (TPSA) is 60.0 Å². The molecule has 1 aromatic heterocycles. The van der Waals surface area contributed by atoms with Crippen molar-refractivity contribution in [1.29, 1.82) is 0 Å². The minimum atomic E-state index is -0.231. The molecule has 1 fully saturated rings. The van der Waals surface area contributed by atoms with Crippen LogP contribution in [0.3, 0.4) is 0 Å². The smallest absolute Gasteiger partial charge is 0.224 e. The second-order valence-corrected chi connectivity index (χ2v) is 8.33. The molecule has 0 bridgehead atoms. The third-order valence-electron chi connectivity index (χ3n) is 4.91. The predicted molar refractivity (Wildman–Crippen MR) is 117 cm³/mol. The van der Waals surface area contributed by atoms with E-state index in [-0.39, 0.29) is 11.7 Å². The van der Waals surface area contributed by atoms with Crippen LogP contribution in [0.25, 0.3) is 0 Å². The second-order valence-electron chi connectivity index (χ2n) is 6.96. The summed E-state index contributed by atoms with van der Waals surface area (Å²) in [7, 11) is 1.73. The number of rotatable bonds is 6. The van der Waals surface area contributed by atoms with Crippen LogP contribution in [-0.2, 0) is 11.3 Å². The van der Waals surface area contributed by atoms with E-state index < -0.39 is 0 Å². The monoisotopic (exact) mass is 417 g/mol. The zero-order valence-electron chi connectivity index (χ0n) is 16.9. The Kier molecular flexibility index (Phi) is 7.46. The van der Waals surface area contributed by atoms with Gasteiger partial charge in [-0.1, -0.05) is 0 Å². The van der Waals surface area contributed by atoms with Crippen molar-refractivity contribution in [2.45, 2.75) is 19.9 Å². The first-order valence-electron chi connectivity index (χ1n) is 9.83. The van der Waals surface area contributed by atoms with Crippen molar-refractivity contribution in [3.05, 3.63) is 52.0 Å². The van der Waals surface area contributed by atoms with E-state index in [4.69, 9.17) is 0 Å². The van der Waals surface area contributed by atoms with Crippen LogP contribution in [0.5, 0.6) is 0 Å². The lowest BCUT2D eigenvalue weighted by atomic mass is 10.2. The van der Waals surface area contributed by atoms with Gasteiger partial charge in [-0.25, -0.2) is 4.39 Å². The number of thiophene rings is 1. The number of aryl methyl sites for hydroxylation is 1. The molecule has 3 rings (SSSR count). The van der Waals surface area contributed by atoms with Crippen LogP contribution >= 0.6 is 11.3 Å². The molecule has 2 heterocycles. The first kappa shape index (κ1) is 21.1. The fraction of sp³-hybridized carbons (Fsp3) is 0.429. The molecule has 29 heavy (non-hydrogen) atoms. The summed E-state index contributed by atoms with van der Waals surface area (Å²) in [6.07, 6.45) is 0.426. The number of anilines is 1. The van der Waals surface area contributed by atoms with Gasteiger partial charge in [0.05, 0.1) is 6.54 Å². The molecule has 0 saturated carbocycles. The van der Waals surface area contributed by atoms with Crippen molar-refractivity contribution in [2.75, 3.05) is 44.7 Å². The lowest BCUT2D eigenvalue weighted by molar-refractivity contribution is -0.131. The van der Waals surface area contributed by atoms with E-state index in [1.807, 2.05) is 4.90 Å². The molecule has 1 aliphatic heterocycles. The van der Waals surface area contributed by atoms with E-state index in [0.717, 1.165) is 25.3 Å². The molecule has 0 radical (unpaired) electrons. The third-order valence-corrected chi connectivity index (χ3v) is 5.91. The normalized spacial score (nSPS) is 14.8. The Labute approximate surface area is 175 Å². The lowest BCUT2D eigenvalue weighted by Crippen LogP contribution is -2.49. The molecule has 0 spiro atoms. The Bertz CT molecular complexity index is 828. The molecule has 0 aliphatic carbocycles.